The summed E-state index contributed by atoms with van der Waals surface area (Å²) in [7, 11) is 1.63. The monoisotopic (exact) mass is 354 g/mol. The number of thiazole rings is 1. The summed E-state index contributed by atoms with van der Waals surface area (Å²) in [6.45, 7) is 0. The van der Waals surface area contributed by atoms with Gasteiger partial charge in [0.15, 0.2) is 5.13 Å². The molecule has 1 amide bonds. The third-order valence-electron chi connectivity index (χ3n) is 4.11. The number of aromatic nitrogens is 1. The van der Waals surface area contributed by atoms with Gasteiger partial charge in [0.25, 0.3) is 0 Å². The van der Waals surface area contributed by atoms with Crippen LogP contribution in [0.2, 0.25) is 0 Å². The van der Waals surface area contributed by atoms with E-state index in [0.717, 1.165) is 43.5 Å². The zero-order chi connectivity index (χ0) is 17.3. The molecule has 0 saturated carbocycles. The Labute approximate surface area is 142 Å². The second kappa shape index (κ2) is 6.55. The molecule has 1 aromatic heterocycles. The second-order valence-corrected chi connectivity index (χ2v) is 6.96. The number of nitrogens with zero attached hydrogens (tertiary/aromatic N) is 2. The van der Waals surface area contributed by atoms with E-state index in [2.05, 4.69) is 4.98 Å². The maximum atomic E-state index is 12.8. The number of hydrogen-bond acceptors (Lipinski definition) is 3. The molecule has 1 heterocycles. The van der Waals surface area contributed by atoms with Crippen LogP contribution in [0.25, 0.3) is 0 Å². The van der Waals surface area contributed by atoms with E-state index in [-0.39, 0.29) is 12.3 Å². The van der Waals surface area contributed by atoms with Crippen LogP contribution < -0.4 is 4.90 Å². The molecule has 0 atom stereocenters. The van der Waals surface area contributed by atoms with E-state index in [9.17, 15) is 18.0 Å². The van der Waals surface area contributed by atoms with Crippen LogP contribution in [0.5, 0.6) is 0 Å². The third-order valence-corrected chi connectivity index (χ3v) is 5.34. The Hall–Kier alpha value is -1.89. The topological polar surface area (TPSA) is 33.2 Å². The summed E-state index contributed by atoms with van der Waals surface area (Å²) in [6.07, 6.45) is -0.317. The molecule has 0 N–H and O–H groups in total. The summed E-state index contributed by atoms with van der Waals surface area (Å²) >= 11 is 1.50. The van der Waals surface area contributed by atoms with E-state index >= 15 is 0 Å². The van der Waals surface area contributed by atoms with Gasteiger partial charge in [-0.15, -0.1) is 11.3 Å². The third kappa shape index (κ3) is 3.61. The minimum Gasteiger partial charge on any atom is -0.291 e. The van der Waals surface area contributed by atoms with E-state index < -0.39 is 11.7 Å². The SMILES string of the molecule is CN(C(=O)Cc1cccc(C(F)(F)F)c1)c1nc2c(s1)CCCC2. The first-order valence-electron chi connectivity index (χ1n) is 7.76. The van der Waals surface area contributed by atoms with Gasteiger partial charge in [-0.3, -0.25) is 9.69 Å². The first-order chi connectivity index (χ1) is 11.3. The zero-order valence-corrected chi connectivity index (χ0v) is 14.0. The number of likely N-dealkylation sites (N-methyl/N-ethyl adjacent to an activating group) is 1. The molecular formula is C17H17F3N2OS. The summed E-state index contributed by atoms with van der Waals surface area (Å²) in [5.41, 5.74) is 0.670. The molecule has 24 heavy (non-hydrogen) atoms. The number of amides is 1. The maximum Gasteiger partial charge on any atom is 0.416 e. The van der Waals surface area contributed by atoms with Gasteiger partial charge in [0, 0.05) is 11.9 Å². The standard InChI is InChI=1S/C17H17F3N2OS/c1-22(16-21-13-7-2-3-8-14(13)24-16)15(23)10-11-5-4-6-12(9-11)17(18,19)20/h4-6,9H,2-3,7-8,10H2,1H3. The summed E-state index contributed by atoms with van der Waals surface area (Å²) in [5.74, 6) is -0.263. The maximum absolute atomic E-state index is 12.8. The van der Waals surface area contributed by atoms with Crippen LogP contribution in [-0.2, 0) is 30.2 Å². The van der Waals surface area contributed by atoms with Crippen molar-refractivity contribution < 1.29 is 18.0 Å². The molecule has 1 aromatic carbocycles. The van der Waals surface area contributed by atoms with Gasteiger partial charge in [-0.2, -0.15) is 13.2 Å². The Morgan fingerprint density at radius 2 is 2.04 bits per heavy atom. The smallest absolute Gasteiger partial charge is 0.291 e. The highest BCUT2D eigenvalue weighted by Gasteiger charge is 2.30. The van der Waals surface area contributed by atoms with Crippen molar-refractivity contribution in [2.24, 2.45) is 0 Å². The fourth-order valence-electron chi connectivity index (χ4n) is 2.74. The highest BCUT2D eigenvalue weighted by molar-refractivity contribution is 7.15. The molecule has 3 rings (SSSR count). The highest BCUT2D eigenvalue weighted by atomic mass is 32.1. The first kappa shape index (κ1) is 17.0. The van der Waals surface area contributed by atoms with Gasteiger partial charge in [0.1, 0.15) is 0 Å². The largest absolute Gasteiger partial charge is 0.416 e. The lowest BCUT2D eigenvalue weighted by atomic mass is 10.0. The quantitative estimate of drug-likeness (QED) is 0.826. The van der Waals surface area contributed by atoms with Gasteiger partial charge in [-0.05, 0) is 37.3 Å². The molecule has 0 aliphatic heterocycles. The van der Waals surface area contributed by atoms with Gasteiger partial charge in [-0.1, -0.05) is 18.2 Å². The molecule has 0 bridgehead atoms. The van der Waals surface area contributed by atoms with Crippen molar-refractivity contribution in [2.45, 2.75) is 38.3 Å². The van der Waals surface area contributed by atoms with Crippen molar-refractivity contribution in [2.75, 3.05) is 11.9 Å². The predicted molar refractivity (Wildman–Crippen MR) is 87.3 cm³/mol. The fraction of sp³-hybridized carbons (Fsp3) is 0.412. The molecule has 0 spiro atoms. The number of alkyl halides is 3. The Morgan fingerprint density at radius 1 is 1.29 bits per heavy atom. The van der Waals surface area contributed by atoms with Crippen molar-refractivity contribution >= 4 is 22.4 Å². The van der Waals surface area contributed by atoms with Crippen LogP contribution >= 0.6 is 11.3 Å². The van der Waals surface area contributed by atoms with Crippen molar-refractivity contribution in [3.63, 3.8) is 0 Å². The number of carbonyl (C=O) groups excluding carboxylic acids is 1. The van der Waals surface area contributed by atoms with E-state index in [1.165, 1.54) is 33.2 Å². The Balaban J connectivity index is 1.74. The summed E-state index contributed by atoms with van der Waals surface area (Å²) in [6, 6.07) is 4.90. The van der Waals surface area contributed by atoms with Crippen molar-refractivity contribution in [1.29, 1.82) is 0 Å². The molecule has 7 heteroatoms. The first-order valence-corrected chi connectivity index (χ1v) is 8.57. The predicted octanol–water partition coefficient (Wildman–Crippen LogP) is 4.25. The molecule has 0 saturated heterocycles. The normalized spacial score (nSPS) is 14.3. The van der Waals surface area contributed by atoms with Crippen LogP contribution in [-0.4, -0.2) is 17.9 Å². The lowest BCUT2D eigenvalue weighted by molar-refractivity contribution is -0.137. The van der Waals surface area contributed by atoms with Crippen molar-refractivity contribution in [1.82, 2.24) is 4.98 Å². The van der Waals surface area contributed by atoms with E-state index in [1.54, 1.807) is 7.05 Å². The number of benzene rings is 1. The summed E-state index contributed by atoms with van der Waals surface area (Å²) < 4.78 is 38.3. The highest BCUT2D eigenvalue weighted by Crippen LogP contribution is 2.32. The number of anilines is 1. The van der Waals surface area contributed by atoms with E-state index in [1.807, 2.05) is 0 Å². The van der Waals surface area contributed by atoms with Crippen LogP contribution in [0.15, 0.2) is 24.3 Å². The molecule has 1 aliphatic rings. The fourth-order valence-corrected chi connectivity index (χ4v) is 3.87. The average molecular weight is 354 g/mol. The number of hydrogen-bond donors (Lipinski definition) is 0. The molecule has 0 radical (unpaired) electrons. The van der Waals surface area contributed by atoms with Gasteiger partial charge in [0.2, 0.25) is 5.91 Å². The lowest BCUT2D eigenvalue weighted by Crippen LogP contribution is -2.27. The number of aryl methyl sites for hydroxylation is 2. The number of halogens is 3. The Kier molecular flexibility index (Phi) is 4.62. The van der Waals surface area contributed by atoms with Crippen molar-refractivity contribution in [3.8, 4) is 0 Å². The van der Waals surface area contributed by atoms with Gasteiger partial charge >= 0.3 is 6.18 Å². The van der Waals surface area contributed by atoms with E-state index in [4.69, 9.17) is 0 Å². The molecule has 128 valence electrons. The zero-order valence-electron chi connectivity index (χ0n) is 13.2. The molecule has 1 aliphatic carbocycles. The molecule has 0 fully saturated rings. The minimum absolute atomic E-state index is 0.0787. The molecule has 3 nitrogen and oxygen atoms in total. The number of rotatable bonds is 3. The second-order valence-electron chi connectivity index (χ2n) is 5.90. The number of fused-ring (bicyclic) bond motifs is 1. The molecule has 2 aromatic rings. The average Bonchev–Trinajstić information content (AvgIpc) is 2.97. The van der Waals surface area contributed by atoms with Crippen molar-refractivity contribution in [3.05, 3.63) is 46.0 Å². The van der Waals surface area contributed by atoms with Gasteiger partial charge in [0.05, 0.1) is 17.7 Å². The summed E-state index contributed by atoms with van der Waals surface area (Å²) in [4.78, 5) is 19.6. The molecule has 0 unspecified atom stereocenters. The van der Waals surface area contributed by atoms with Crippen LogP contribution in [0, 0.1) is 0 Å². The Bertz CT molecular complexity index is 731. The van der Waals surface area contributed by atoms with Crippen LogP contribution in [0.1, 0.15) is 34.5 Å². The van der Waals surface area contributed by atoms with Gasteiger partial charge < -0.3 is 0 Å². The molecular weight excluding hydrogens is 337 g/mol. The minimum atomic E-state index is -4.40. The lowest BCUT2D eigenvalue weighted by Gasteiger charge is -2.14. The Morgan fingerprint density at radius 3 is 2.75 bits per heavy atom. The van der Waals surface area contributed by atoms with Gasteiger partial charge in [-0.25, -0.2) is 4.98 Å². The number of carbonyl (C=O) groups is 1. The van der Waals surface area contributed by atoms with Crippen LogP contribution in [0.4, 0.5) is 18.3 Å². The van der Waals surface area contributed by atoms with E-state index in [0.29, 0.717) is 10.7 Å². The van der Waals surface area contributed by atoms with Crippen LogP contribution in [0.3, 0.4) is 0 Å². The summed E-state index contributed by atoms with van der Waals surface area (Å²) in [5, 5.41) is 0.624.